The topological polar surface area (TPSA) is 130 Å². The number of fused-ring (bicyclic) bond motifs is 3. The predicted octanol–water partition coefficient (Wildman–Crippen LogP) is 2.70. The highest BCUT2D eigenvalue weighted by atomic mass is 19.4. The second kappa shape index (κ2) is 10.1. The Kier molecular flexibility index (Phi) is 7.22. The molecular weight excluding hydrogens is 526 g/mol. The zero-order valence-corrected chi connectivity index (χ0v) is 19.7. The molecule has 11 nitrogen and oxygen atoms in total. The van der Waals surface area contributed by atoms with Gasteiger partial charge in [0, 0.05) is 38.1 Å². The van der Waals surface area contributed by atoms with Gasteiger partial charge in [-0.3, -0.25) is 9.48 Å². The number of carboxylic acid groups (broad SMARTS) is 1. The summed E-state index contributed by atoms with van der Waals surface area (Å²) in [5.74, 6) is -2.73. The maximum absolute atomic E-state index is 13.2. The van der Waals surface area contributed by atoms with E-state index >= 15 is 0 Å². The Labute approximate surface area is 210 Å². The van der Waals surface area contributed by atoms with Crippen molar-refractivity contribution in [2.45, 2.75) is 43.7 Å². The minimum atomic E-state index is -5.08. The maximum Gasteiger partial charge on any atom is 0.490 e. The Balaban J connectivity index is 0.000000426. The van der Waals surface area contributed by atoms with E-state index in [1.807, 2.05) is 6.07 Å². The number of carbonyl (C=O) groups excluding carboxylic acids is 1. The van der Waals surface area contributed by atoms with E-state index in [9.17, 15) is 31.1 Å². The monoisotopic (exact) mass is 548 g/mol. The zero-order chi connectivity index (χ0) is 27.8. The van der Waals surface area contributed by atoms with Crippen molar-refractivity contribution < 1.29 is 41.0 Å². The molecule has 2 bridgehead atoms. The SMILES string of the molecule is Cn1cc(NC(=O)c2cnn3ccc(N4[C@H]5CCNC[C@@H]4CC5)nc23)c(C(F)(F)F)n1.O=C(O)C(F)(F)F. The summed E-state index contributed by atoms with van der Waals surface area (Å²) in [7, 11) is 1.36. The number of halogens is 6. The number of alkyl halides is 6. The quantitative estimate of drug-likeness (QED) is 0.426. The van der Waals surface area contributed by atoms with Crippen molar-refractivity contribution in [1.82, 2.24) is 29.7 Å². The molecule has 0 unspecified atom stereocenters. The largest absolute Gasteiger partial charge is 0.490 e. The molecule has 0 aromatic carbocycles. The van der Waals surface area contributed by atoms with Crippen molar-refractivity contribution in [3.63, 3.8) is 0 Å². The van der Waals surface area contributed by atoms with Gasteiger partial charge in [0.15, 0.2) is 11.3 Å². The number of rotatable bonds is 3. The molecule has 3 aromatic rings. The molecular formula is C21H22F6N8O3. The molecule has 5 rings (SSSR count). The minimum Gasteiger partial charge on any atom is -0.475 e. The first-order valence-corrected chi connectivity index (χ1v) is 11.3. The van der Waals surface area contributed by atoms with Crippen molar-refractivity contribution in [2.24, 2.45) is 7.05 Å². The van der Waals surface area contributed by atoms with E-state index < -0.39 is 35.6 Å². The standard InChI is InChI=1S/C19H21F3N8O.C2HF3O2/c1-28-10-14(16(27-28)19(20,21)22)25-18(31)13-9-24-29-7-5-15(26-17(13)29)30-11-2-3-12(30)8-23-6-4-11;3-2(4,5)1(6)7/h5,7,9-12,23H,2-4,6,8H2,1H3,(H,25,31);(H,6,7)/t11-,12+;/m1./s1. The lowest BCUT2D eigenvalue weighted by Crippen LogP contribution is -2.38. The fourth-order valence-corrected chi connectivity index (χ4v) is 4.50. The van der Waals surface area contributed by atoms with Crippen molar-refractivity contribution in [1.29, 1.82) is 0 Å². The normalized spacial score (nSPS) is 19.6. The van der Waals surface area contributed by atoms with Gasteiger partial charge < -0.3 is 20.6 Å². The van der Waals surface area contributed by atoms with Crippen LogP contribution in [0.5, 0.6) is 0 Å². The highest BCUT2D eigenvalue weighted by Crippen LogP contribution is 2.34. The third-order valence-corrected chi connectivity index (χ3v) is 6.11. The van der Waals surface area contributed by atoms with E-state index in [1.54, 1.807) is 6.20 Å². The van der Waals surface area contributed by atoms with Gasteiger partial charge >= 0.3 is 18.3 Å². The molecule has 2 saturated heterocycles. The number of hydrogen-bond donors (Lipinski definition) is 3. The lowest BCUT2D eigenvalue weighted by Gasteiger charge is -2.29. The first-order chi connectivity index (χ1) is 17.8. The van der Waals surface area contributed by atoms with Crippen LogP contribution in [0.4, 0.5) is 37.8 Å². The molecule has 1 amide bonds. The summed E-state index contributed by atoms with van der Waals surface area (Å²) in [6, 6.07) is 2.56. The molecule has 0 aliphatic carbocycles. The van der Waals surface area contributed by atoms with Crippen molar-refractivity contribution in [2.75, 3.05) is 23.3 Å². The van der Waals surface area contributed by atoms with Gasteiger partial charge in [0.25, 0.3) is 5.91 Å². The van der Waals surface area contributed by atoms with Gasteiger partial charge in [0.05, 0.1) is 11.9 Å². The van der Waals surface area contributed by atoms with Gasteiger partial charge in [-0.2, -0.15) is 36.5 Å². The van der Waals surface area contributed by atoms with E-state index in [1.165, 1.54) is 17.8 Å². The molecule has 2 aliphatic heterocycles. The smallest absolute Gasteiger partial charge is 0.475 e. The third kappa shape index (κ3) is 5.66. The summed E-state index contributed by atoms with van der Waals surface area (Å²) in [6.07, 6.45) is -2.45. The highest BCUT2D eigenvalue weighted by Gasteiger charge is 2.39. The molecule has 38 heavy (non-hydrogen) atoms. The molecule has 3 aromatic heterocycles. The summed E-state index contributed by atoms with van der Waals surface area (Å²) in [6.45, 7) is 1.82. The maximum atomic E-state index is 13.2. The number of aryl methyl sites for hydroxylation is 1. The summed E-state index contributed by atoms with van der Waals surface area (Å²) in [5, 5.41) is 20.4. The molecule has 2 fully saturated rings. The number of nitrogens with one attached hydrogen (secondary N) is 2. The zero-order valence-electron chi connectivity index (χ0n) is 19.7. The van der Waals surface area contributed by atoms with Crippen LogP contribution in [-0.4, -0.2) is 72.7 Å². The number of carboxylic acids is 1. The molecule has 0 spiro atoms. The Morgan fingerprint density at radius 3 is 2.47 bits per heavy atom. The van der Waals surface area contributed by atoms with E-state index in [0.29, 0.717) is 17.7 Å². The summed E-state index contributed by atoms with van der Waals surface area (Å²) >= 11 is 0. The van der Waals surface area contributed by atoms with Crippen LogP contribution in [0.1, 0.15) is 35.3 Å². The van der Waals surface area contributed by atoms with Crippen LogP contribution in [0, 0.1) is 0 Å². The van der Waals surface area contributed by atoms with Crippen molar-refractivity contribution in [3.8, 4) is 0 Å². The highest BCUT2D eigenvalue weighted by molar-refractivity contribution is 6.08. The molecule has 17 heteroatoms. The van der Waals surface area contributed by atoms with Crippen LogP contribution in [0.15, 0.2) is 24.7 Å². The van der Waals surface area contributed by atoms with Crippen molar-refractivity contribution in [3.05, 3.63) is 35.9 Å². The first kappa shape index (κ1) is 27.2. The summed E-state index contributed by atoms with van der Waals surface area (Å²) < 4.78 is 73.8. The molecule has 2 atom stereocenters. The first-order valence-electron chi connectivity index (χ1n) is 11.3. The van der Waals surface area contributed by atoms with Crippen LogP contribution in [0.3, 0.4) is 0 Å². The molecule has 2 aliphatic rings. The van der Waals surface area contributed by atoms with Gasteiger partial charge in [0.2, 0.25) is 0 Å². The third-order valence-electron chi connectivity index (χ3n) is 6.11. The fourth-order valence-electron chi connectivity index (χ4n) is 4.50. The van der Waals surface area contributed by atoms with E-state index in [4.69, 9.17) is 9.90 Å². The Morgan fingerprint density at radius 2 is 1.82 bits per heavy atom. The van der Waals surface area contributed by atoms with Gasteiger partial charge in [0.1, 0.15) is 11.4 Å². The average Bonchev–Trinajstić information content (AvgIpc) is 3.46. The molecule has 0 saturated carbocycles. The number of hydrogen-bond acceptors (Lipinski definition) is 7. The number of aromatic nitrogens is 5. The molecule has 0 radical (unpaired) electrons. The van der Waals surface area contributed by atoms with Gasteiger partial charge in [-0.05, 0) is 31.9 Å². The Hall–Kier alpha value is -3.89. The van der Waals surface area contributed by atoms with Crippen LogP contribution in [0.25, 0.3) is 5.65 Å². The second-order valence-electron chi connectivity index (χ2n) is 8.72. The van der Waals surface area contributed by atoms with Gasteiger partial charge in [-0.15, -0.1) is 0 Å². The van der Waals surface area contributed by atoms with Crippen LogP contribution >= 0.6 is 0 Å². The van der Waals surface area contributed by atoms with Gasteiger partial charge in [-0.1, -0.05) is 0 Å². The summed E-state index contributed by atoms with van der Waals surface area (Å²) in [5.41, 5.74) is -1.17. The van der Waals surface area contributed by atoms with Gasteiger partial charge in [-0.25, -0.2) is 14.3 Å². The number of anilines is 2. The minimum absolute atomic E-state index is 0.0964. The predicted molar refractivity (Wildman–Crippen MR) is 120 cm³/mol. The molecule has 3 N–H and O–H groups in total. The Morgan fingerprint density at radius 1 is 1.13 bits per heavy atom. The number of carbonyl (C=O) groups is 2. The number of nitrogens with zero attached hydrogens (tertiary/aromatic N) is 6. The molecule has 206 valence electrons. The second-order valence-corrected chi connectivity index (χ2v) is 8.72. The number of amides is 1. The average molecular weight is 548 g/mol. The van der Waals surface area contributed by atoms with E-state index in [2.05, 4.69) is 30.7 Å². The number of aliphatic carboxylic acids is 1. The van der Waals surface area contributed by atoms with Crippen LogP contribution in [0.2, 0.25) is 0 Å². The van der Waals surface area contributed by atoms with Crippen LogP contribution < -0.4 is 15.5 Å². The van der Waals surface area contributed by atoms with Crippen molar-refractivity contribution >= 4 is 29.0 Å². The van der Waals surface area contributed by atoms with E-state index in [0.717, 1.165) is 49.0 Å². The fraction of sp³-hybridized carbons (Fsp3) is 0.476. The molecule has 5 heterocycles. The lowest BCUT2D eigenvalue weighted by molar-refractivity contribution is -0.192. The Bertz CT molecular complexity index is 1320. The summed E-state index contributed by atoms with van der Waals surface area (Å²) in [4.78, 5) is 28.7. The lowest BCUT2D eigenvalue weighted by atomic mass is 10.1. The van der Waals surface area contributed by atoms with E-state index in [-0.39, 0.29) is 5.56 Å². The van der Waals surface area contributed by atoms with Crippen LogP contribution in [-0.2, 0) is 18.0 Å².